The molecule has 0 radical (unpaired) electrons. The maximum atomic E-state index is 13.2. The highest BCUT2D eigenvalue weighted by molar-refractivity contribution is 7.98. The molecule has 1 aromatic carbocycles. The van der Waals surface area contributed by atoms with Gasteiger partial charge in [-0.2, -0.15) is 0 Å². The number of hydrogen-bond donors (Lipinski definition) is 1. The molecule has 0 aliphatic heterocycles. The lowest BCUT2D eigenvalue weighted by Gasteiger charge is -2.23. The zero-order valence-electron chi connectivity index (χ0n) is 16.0. The van der Waals surface area contributed by atoms with Crippen LogP contribution in [0.15, 0.2) is 29.4 Å². The van der Waals surface area contributed by atoms with E-state index in [1.54, 1.807) is 12.1 Å². The fourth-order valence-electron chi connectivity index (χ4n) is 2.95. The average molecular weight is 376 g/mol. The van der Waals surface area contributed by atoms with Gasteiger partial charge in [-0.05, 0) is 55.7 Å². The number of halogens is 1. The van der Waals surface area contributed by atoms with Crippen molar-refractivity contribution in [3.63, 3.8) is 0 Å². The topological polar surface area (TPSA) is 54.9 Å². The Kier molecular flexibility index (Phi) is 7.14. The minimum atomic E-state index is -0.276. The lowest BCUT2D eigenvalue weighted by molar-refractivity contribution is -0.122. The van der Waals surface area contributed by atoms with E-state index in [1.165, 1.54) is 23.9 Å². The van der Waals surface area contributed by atoms with Gasteiger partial charge in [0, 0.05) is 17.8 Å². The molecular weight excluding hydrogens is 349 g/mol. The summed E-state index contributed by atoms with van der Waals surface area (Å²) in [7, 11) is 0. The number of nitrogens with one attached hydrogen (secondary N) is 1. The van der Waals surface area contributed by atoms with Crippen molar-refractivity contribution in [3.8, 4) is 0 Å². The van der Waals surface area contributed by atoms with E-state index in [0.717, 1.165) is 27.7 Å². The van der Waals surface area contributed by atoms with E-state index in [-0.39, 0.29) is 23.7 Å². The molecule has 0 bridgehead atoms. The molecular formula is C20H26FN3OS. The number of aromatic nitrogens is 2. The van der Waals surface area contributed by atoms with E-state index >= 15 is 0 Å². The van der Waals surface area contributed by atoms with Crippen LogP contribution in [0.5, 0.6) is 0 Å². The van der Waals surface area contributed by atoms with Gasteiger partial charge in [0.2, 0.25) is 5.91 Å². The number of carbonyl (C=O) groups excluding carboxylic acids is 1. The summed E-state index contributed by atoms with van der Waals surface area (Å²) >= 11 is 1.51. The highest BCUT2D eigenvalue weighted by Crippen LogP contribution is 2.23. The third kappa shape index (κ3) is 5.27. The fraction of sp³-hybridized carbons (Fsp3) is 0.450. The summed E-state index contributed by atoms with van der Waals surface area (Å²) in [4.78, 5) is 21.4. The quantitative estimate of drug-likeness (QED) is 0.576. The molecule has 0 saturated heterocycles. The van der Waals surface area contributed by atoms with Crippen molar-refractivity contribution in [2.24, 2.45) is 5.92 Å². The van der Waals surface area contributed by atoms with Crippen LogP contribution in [-0.4, -0.2) is 22.1 Å². The molecule has 2 aromatic rings. The van der Waals surface area contributed by atoms with Crippen molar-refractivity contribution in [3.05, 3.63) is 52.6 Å². The minimum Gasteiger partial charge on any atom is -0.349 e. The first-order valence-electron chi connectivity index (χ1n) is 8.74. The SMILES string of the molecule is CSc1nc(C)c(CCC(=O)NC(c2ccc(F)cc2)C(C)C)c(C)n1. The molecule has 0 aliphatic rings. The standard InChI is InChI=1S/C20H26FN3OS/c1-12(2)19(15-6-8-16(21)9-7-15)24-18(25)11-10-17-13(3)22-20(26-5)23-14(17)4/h6-9,12,19H,10-11H2,1-5H3,(H,24,25). The van der Waals surface area contributed by atoms with Crippen LogP contribution in [0.25, 0.3) is 0 Å². The van der Waals surface area contributed by atoms with E-state index in [9.17, 15) is 9.18 Å². The van der Waals surface area contributed by atoms with Crippen molar-refractivity contribution in [1.29, 1.82) is 0 Å². The normalized spacial score (nSPS) is 12.3. The lowest BCUT2D eigenvalue weighted by Crippen LogP contribution is -2.32. The van der Waals surface area contributed by atoms with Gasteiger partial charge in [0.05, 0.1) is 6.04 Å². The molecule has 4 nitrogen and oxygen atoms in total. The van der Waals surface area contributed by atoms with Gasteiger partial charge in [0.15, 0.2) is 5.16 Å². The number of nitrogens with zero attached hydrogens (tertiary/aromatic N) is 2. The number of thioether (sulfide) groups is 1. The summed E-state index contributed by atoms with van der Waals surface area (Å²) in [5, 5.41) is 3.83. The zero-order chi connectivity index (χ0) is 19.3. The molecule has 0 spiro atoms. The molecule has 1 atom stereocenters. The summed E-state index contributed by atoms with van der Waals surface area (Å²) in [5.74, 6) is -0.0972. The Morgan fingerprint density at radius 2 is 1.73 bits per heavy atom. The lowest BCUT2D eigenvalue weighted by atomic mass is 9.95. The van der Waals surface area contributed by atoms with Gasteiger partial charge < -0.3 is 5.32 Å². The van der Waals surface area contributed by atoms with E-state index in [0.29, 0.717) is 12.8 Å². The van der Waals surface area contributed by atoms with Crippen LogP contribution in [0.2, 0.25) is 0 Å². The second-order valence-electron chi connectivity index (χ2n) is 6.70. The van der Waals surface area contributed by atoms with Gasteiger partial charge in [-0.1, -0.05) is 37.7 Å². The number of benzene rings is 1. The third-order valence-electron chi connectivity index (χ3n) is 4.40. The summed E-state index contributed by atoms with van der Waals surface area (Å²) in [5.41, 5.74) is 3.79. The van der Waals surface area contributed by atoms with Crippen LogP contribution in [0, 0.1) is 25.6 Å². The maximum absolute atomic E-state index is 13.2. The van der Waals surface area contributed by atoms with Crippen LogP contribution >= 0.6 is 11.8 Å². The molecule has 1 amide bonds. The average Bonchev–Trinajstić information content (AvgIpc) is 2.59. The Morgan fingerprint density at radius 3 is 2.23 bits per heavy atom. The number of aryl methyl sites for hydroxylation is 2. The third-order valence-corrected chi connectivity index (χ3v) is 4.94. The summed E-state index contributed by atoms with van der Waals surface area (Å²) in [6.07, 6.45) is 2.92. The molecule has 0 aliphatic carbocycles. The van der Waals surface area contributed by atoms with E-state index in [2.05, 4.69) is 15.3 Å². The smallest absolute Gasteiger partial charge is 0.220 e. The van der Waals surface area contributed by atoms with Crippen LogP contribution < -0.4 is 5.32 Å². The molecule has 140 valence electrons. The molecule has 1 N–H and O–H groups in total. The monoisotopic (exact) mass is 375 g/mol. The Labute approximate surface area is 159 Å². The largest absolute Gasteiger partial charge is 0.349 e. The molecule has 2 rings (SSSR count). The molecule has 6 heteroatoms. The maximum Gasteiger partial charge on any atom is 0.220 e. The molecule has 26 heavy (non-hydrogen) atoms. The van der Waals surface area contributed by atoms with Crippen molar-refractivity contribution in [2.45, 2.75) is 51.7 Å². The van der Waals surface area contributed by atoms with Gasteiger partial charge in [-0.15, -0.1) is 0 Å². The van der Waals surface area contributed by atoms with Crippen LogP contribution in [-0.2, 0) is 11.2 Å². The van der Waals surface area contributed by atoms with E-state index < -0.39 is 0 Å². The van der Waals surface area contributed by atoms with Crippen LogP contribution in [0.4, 0.5) is 4.39 Å². The number of amides is 1. The van der Waals surface area contributed by atoms with Crippen LogP contribution in [0.3, 0.4) is 0 Å². The first-order valence-corrected chi connectivity index (χ1v) is 9.97. The molecule has 1 aromatic heterocycles. The van der Waals surface area contributed by atoms with Crippen LogP contribution in [0.1, 0.15) is 48.8 Å². The second-order valence-corrected chi connectivity index (χ2v) is 7.47. The highest BCUT2D eigenvalue weighted by atomic mass is 32.2. The second kappa shape index (κ2) is 9.12. The molecule has 0 saturated carbocycles. The summed E-state index contributed by atoms with van der Waals surface area (Å²) in [6, 6.07) is 6.16. The van der Waals surface area contributed by atoms with Gasteiger partial charge >= 0.3 is 0 Å². The van der Waals surface area contributed by atoms with Gasteiger partial charge in [0.1, 0.15) is 5.82 Å². The summed E-state index contributed by atoms with van der Waals surface area (Å²) < 4.78 is 13.2. The first kappa shape index (κ1) is 20.4. The molecule has 1 heterocycles. The van der Waals surface area contributed by atoms with Crippen molar-refractivity contribution in [2.75, 3.05) is 6.26 Å². The number of rotatable bonds is 7. The fourth-order valence-corrected chi connectivity index (χ4v) is 3.41. The van der Waals surface area contributed by atoms with Gasteiger partial charge in [-0.3, -0.25) is 4.79 Å². The van der Waals surface area contributed by atoms with Crippen molar-refractivity contribution >= 4 is 17.7 Å². The van der Waals surface area contributed by atoms with Gasteiger partial charge in [-0.25, -0.2) is 14.4 Å². The summed E-state index contributed by atoms with van der Waals surface area (Å²) in [6.45, 7) is 7.99. The highest BCUT2D eigenvalue weighted by Gasteiger charge is 2.19. The van der Waals surface area contributed by atoms with Crippen molar-refractivity contribution < 1.29 is 9.18 Å². The molecule has 1 unspecified atom stereocenters. The molecule has 0 fully saturated rings. The predicted molar refractivity (Wildman–Crippen MR) is 104 cm³/mol. The van der Waals surface area contributed by atoms with E-state index in [4.69, 9.17) is 0 Å². The Morgan fingerprint density at radius 1 is 1.15 bits per heavy atom. The minimum absolute atomic E-state index is 0.0271. The number of hydrogen-bond acceptors (Lipinski definition) is 4. The van der Waals surface area contributed by atoms with E-state index in [1.807, 2.05) is 34.0 Å². The Balaban J connectivity index is 2.04. The zero-order valence-corrected chi connectivity index (χ0v) is 16.8. The number of carbonyl (C=O) groups is 1. The van der Waals surface area contributed by atoms with Gasteiger partial charge in [0.25, 0.3) is 0 Å². The van der Waals surface area contributed by atoms with Crippen molar-refractivity contribution in [1.82, 2.24) is 15.3 Å². The Hall–Kier alpha value is -1.95. The Bertz CT molecular complexity index is 739. The predicted octanol–water partition coefficient (Wildman–Crippen LogP) is 4.40. The first-order chi connectivity index (χ1) is 12.3.